The fraction of sp³-hybridized carbons (Fsp3) is 0.240. The van der Waals surface area contributed by atoms with Crippen LogP contribution >= 0.6 is 11.6 Å². The molecular weight excluding hydrogens is 396 g/mol. The number of nitrogens with one attached hydrogen (secondary N) is 1. The van der Waals surface area contributed by atoms with Gasteiger partial charge in [-0.3, -0.25) is 9.69 Å². The molecular formula is C25H25ClN2O2. The van der Waals surface area contributed by atoms with Crippen LogP contribution in [0.15, 0.2) is 78.9 Å². The van der Waals surface area contributed by atoms with E-state index in [4.69, 9.17) is 16.3 Å². The van der Waals surface area contributed by atoms with Crippen LogP contribution in [0.5, 0.6) is 0 Å². The zero-order valence-electron chi connectivity index (χ0n) is 16.8. The van der Waals surface area contributed by atoms with E-state index in [0.717, 1.165) is 29.8 Å². The number of nitrogens with zero attached hydrogens (tertiary/aromatic N) is 1. The Bertz CT molecular complexity index is 976. The van der Waals surface area contributed by atoms with E-state index in [1.54, 1.807) is 0 Å². The highest BCUT2D eigenvalue weighted by Gasteiger charge is 2.23. The molecule has 4 nitrogen and oxygen atoms in total. The fourth-order valence-electron chi connectivity index (χ4n) is 3.73. The molecule has 1 saturated heterocycles. The quantitative estimate of drug-likeness (QED) is 0.614. The number of ether oxygens (including phenoxy) is 1. The molecule has 1 unspecified atom stereocenters. The van der Waals surface area contributed by atoms with Crippen LogP contribution in [0.3, 0.4) is 0 Å². The van der Waals surface area contributed by atoms with E-state index in [2.05, 4.69) is 28.4 Å². The molecule has 0 aromatic heterocycles. The van der Waals surface area contributed by atoms with Crippen molar-refractivity contribution in [1.82, 2.24) is 4.90 Å². The van der Waals surface area contributed by atoms with E-state index >= 15 is 0 Å². The minimum absolute atomic E-state index is 0.00716. The van der Waals surface area contributed by atoms with Crippen molar-refractivity contribution in [2.45, 2.75) is 12.5 Å². The maximum absolute atomic E-state index is 12.8. The number of anilines is 1. The monoisotopic (exact) mass is 420 g/mol. The van der Waals surface area contributed by atoms with Crippen LogP contribution in [-0.2, 0) is 16.0 Å². The van der Waals surface area contributed by atoms with E-state index in [9.17, 15) is 4.79 Å². The van der Waals surface area contributed by atoms with Gasteiger partial charge in [0.15, 0.2) is 0 Å². The molecule has 1 amide bonds. The van der Waals surface area contributed by atoms with Crippen molar-refractivity contribution >= 4 is 23.2 Å². The van der Waals surface area contributed by atoms with E-state index in [1.165, 1.54) is 5.56 Å². The molecule has 5 heteroatoms. The standard InChI is InChI=1S/C25H25ClN2O2/c26-22-12-10-20(11-13-22)24-17-28(14-15-30-24)18-25(29)27-23-9-5-4-8-21(23)16-19-6-2-1-3-7-19/h1-13,24H,14-18H2,(H,27,29). The first-order valence-corrected chi connectivity index (χ1v) is 10.6. The van der Waals surface area contributed by atoms with Crippen molar-refractivity contribution in [3.05, 3.63) is 101 Å². The highest BCUT2D eigenvalue weighted by Crippen LogP contribution is 2.24. The highest BCUT2D eigenvalue weighted by atomic mass is 35.5. The summed E-state index contributed by atoms with van der Waals surface area (Å²) in [6.45, 7) is 2.36. The summed E-state index contributed by atoms with van der Waals surface area (Å²) in [5, 5.41) is 3.81. The average molecular weight is 421 g/mol. The number of carbonyl (C=O) groups excluding carboxylic acids is 1. The molecule has 3 aromatic rings. The SMILES string of the molecule is O=C(CN1CCOC(c2ccc(Cl)cc2)C1)Nc1ccccc1Cc1ccccc1. The Hall–Kier alpha value is -2.66. The Kier molecular flexibility index (Phi) is 6.80. The van der Waals surface area contributed by atoms with Crippen molar-refractivity contribution in [3.8, 4) is 0 Å². The topological polar surface area (TPSA) is 41.6 Å². The summed E-state index contributed by atoms with van der Waals surface area (Å²) in [4.78, 5) is 14.9. The van der Waals surface area contributed by atoms with E-state index in [-0.39, 0.29) is 12.0 Å². The van der Waals surface area contributed by atoms with Gasteiger partial charge in [-0.15, -0.1) is 0 Å². The molecule has 1 heterocycles. The molecule has 0 bridgehead atoms. The Morgan fingerprint density at radius 1 is 1.00 bits per heavy atom. The van der Waals surface area contributed by atoms with Gasteiger partial charge in [-0.05, 0) is 41.3 Å². The predicted molar refractivity (Wildman–Crippen MR) is 121 cm³/mol. The third-order valence-electron chi connectivity index (χ3n) is 5.29. The lowest BCUT2D eigenvalue weighted by Crippen LogP contribution is -2.42. The van der Waals surface area contributed by atoms with Gasteiger partial charge in [0, 0.05) is 23.8 Å². The lowest BCUT2D eigenvalue weighted by atomic mass is 10.0. The number of carbonyl (C=O) groups is 1. The van der Waals surface area contributed by atoms with Crippen molar-refractivity contribution in [2.24, 2.45) is 0 Å². The van der Waals surface area contributed by atoms with E-state index < -0.39 is 0 Å². The fourth-order valence-corrected chi connectivity index (χ4v) is 3.86. The summed E-state index contributed by atoms with van der Waals surface area (Å²) in [7, 11) is 0. The Morgan fingerprint density at radius 2 is 1.73 bits per heavy atom. The van der Waals surface area contributed by atoms with Crippen LogP contribution in [0.25, 0.3) is 0 Å². The molecule has 1 N–H and O–H groups in total. The highest BCUT2D eigenvalue weighted by molar-refractivity contribution is 6.30. The number of benzene rings is 3. The Balaban J connectivity index is 1.37. The lowest BCUT2D eigenvalue weighted by molar-refractivity contribution is -0.119. The van der Waals surface area contributed by atoms with Crippen LogP contribution in [0, 0.1) is 0 Å². The summed E-state index contributed by atoms with van der Waals surface area (Å²) < 4.78 is 5.90. The number of hydrogen-bond acceptors (Lipinski definition) is 3. The molecule has 0 spiro atoms. The molecule has 1 aliphatic rings. The summed E-state index contributed by atoms with van der Waals surface area (Å²) in [5.74, 6) is -0.00716. The maximum atomic E-state index is 12.8. The van der Waals surface area contributed by atoms with Crippen molar-refractivity contribution in [3.63, 3.8) is 0 Å². The van der Waals surface area contributed by atoms with E-state index in [0.29, 0.717) is 24.7 Å². The average Bonchev–Trinajstić information content (AvgIpc) is 2.76. The van der Waals surface area contributed by atoms with Gasteiger partial charge in [0.2, 0.25) is 5.91 Å². The third-order valence-corrected chi connectivity index (χ3v) is 5.54. The van der Waals surface area contributed by atoms with Gasteiger partial charge in [-0.25, -0.2) is 0 Å². The second-order valence-electron chi connectivity index (χ2n) is 7.51. The lowest BCUT2D eigenvalue weighted by Gasteiger charge is -2.32. The Labute approximate surface area is 182 Å². The van der Waals surface area contributed by atoms with Gasteiger partial charge in [-0.1, -0.05) is 72.3 Å². The van der Waals surface area contributed by atoms with Gasteiger partial charge < -0.3 is 10.1 Å². The molecule has 0 radical (unpaired) electrons. The third kappa shape index (κ3) is 5.48. The van der Waals surface area contributed by atoms with Gasteiger partial charge in [0.1, 0.15) is 0 Å². The van der Waals surface area contributed by atoms with Crippen LogP contribution in [-0.4, -0.2) is 37.0 Å². The number of rotatable bonds is 6. The summed E-state index contributed by atoms with van der Waals surface area (Å²) in [6.07, 6.45) is 0.738. The van der Waals surface area contributed by atoms with Gasteiger partial charge in [0.05, 0.1) is 19.3 Å². The van der Waals surface area contributed by atoms with Gasteiger partial charge >= 0.3 is 0 Å². The largest absolute Gasteiger partial charge is 0.371 e. The normalized spacial score (nSPS) is 16.9. The van der Waals surface area contributed by atoms with Gasteiger partial charge in [0.25, 0.3) is 0 Å². The van der Waals surface area contributed by atoms with Crippen molar-refractivity contribution < 1.29 is 9.53 Å². The number of hydrogen-bond donors (Lipinski definition) is 1. The van der Waals surface area contributed by atoms with E-state index in [1.807, 2.05) is 60.7 Å². The maximum Gasteiger partial charge on any atom is 0.238 e. The molecule has 30 heavy (non-hydrogen) atoms. The first-order chi connectivity index (χ1) is 14.7. The second kappa shape index (κ2) is 9.90. The van der Waals surface area contributed by atoms with Gasteiger partial charge in [-0.2, -0.15) is 0 Å². The molecule has 1 fully saturated rings. The van der Waals surface area contributed by atoms with Crippen molar-refractivity contribution in [2.75, 3.05) is 31.6 Å². The molecule has 4 rings (SSSR count). The van der Waals surface area contributed by atoms with Crippen LogP contribution in [0.1, 0.15) is 22.8 Å². The summed E-state index contributed by atoms with van der Waals surface area (Å²) in [5.41, 5.74) is 4.28. The molecule has 1 aliphatic heterocycles. The Morgan fingerprint density at radius 3 is 2.53 bits per heavy atom. The second-order valence-corrected chi connectivity index (χ2v) is 7.95. The number of amides is 1. The predicted octanol–water partition coefficient (Wildman–Crippen LogP) is 4.94. The summed E-state index contributed by atoms with van der Waals surface area (Å²) in [6, 6.07) is 26.0. The summed E-state index contributed by atoms with van der Waals surface area (Å²) >= 11 is 5.98. The van der Waals surface area contributed by atoms with Crippen LogP contribution < -0.4 is 5.32 Å². The van der Waals surface area contributed by atoms with Crippen molar-refractivity contribution in [1.29, 1.82) is 0 Å². The molecule has 0 aliphatic carbocycles. The molecule has 0 saturated carbocycles. The number of para-hydroxylation sites is 1. The first kappa shape index (κ1) is 20.6. The zero-order valence-corrected chi connectivity index (χ0v) is 17.5. The molecule has 1 atom stereocenters. The van der Waals surface area contributed by atoms with Crippen LogP contribution in [0.4, 0.5) is 5.69 Å². The molecule has 154 valence electrons. The zero-order chi connectivity index (χ0) is 20.8. The smallest absolute Gasteiger partial charge is 0.238 e. The van der Waals surface area contributed by atoms with Crippen LogP contribution in [0.2, 0.25) is 5.02 Å². The number of morpholine rings is 1. The number of halogens is 1. The minimum Gasteiger partial charge on any atom is -0.371 e. The molecule has 3 aromatic carbocycles. The minimum atomic E-state index is -0.0471. The first-order valence-electron chi connectivity index (χ1n) is 10.2.